The zero-order chi connectivity index (χ0) is 12.7. The van der Waals surface area contributed by atoms with Gasteiger partial charge in [-0.1, -0.05) is 0 Å². The largest absolute Gasteiger partial charge is 0.460 e. The van der Waals surface area contributed by atoms with E-state index in [1.807, 2.05) is 0 Å². The summed E-state index contributed by atoms with van der Waals surface area (Å²) in [5, 5.41) is 0. The molecule has 1 heterocycles. The van der Waals surface area contributed by atoms with Crippen LogP contribution in [0.4, 0.5) is 0 Å². The Hall–Kier alpha value is -1.36. The van der Waals surface area contributed by atoms with Gasteiger partial charge in [0.05, 0.1) is 12.7 Å². The molecular weight excluding hydrogens is 224 g/mol. The lowest BCUT2D eigenvalue weighted by Crippen LogP contribution is -2.24. The fourth-order valence-corrected chi connectivity index (χ4v) is 1.38. The molecule has 1 aliphatic heterocycles. The number of esters is 2. The summed E-state index contributed by atoms with van der Waals surface area (Å²) in [6.07, 6.45) is 4.11. The van der Waals surface area contributed by atoms with Crippen LogP contribution in [0.5, 0.6) is 0 Å². The van der Waals surface area contributed by atoms with Crippen LogP contribution in [0, 0.1) is 0 Å². The van der Waals surface area contributed by atoms with Crippen LogP contribution in [0.2, 0.25) is 0 Å². The third kappa shape index (κ3) is 6.06. The monoisotopic (exact) mass is 242 g/mol. The molecule has 5 heteroatoms. The maximum absolute atomic E-state index is 11.3. The van der Waals surface area contributed by atoms with Crippen molar-refractivity contribution in [3.05, 3.63) is 12.2 Å². The van der Waals surface area contributed by atoms with Crippen molar-refractivity contribution in [2.45, 2.75) is 45.5 Å². The molecule has 0 saturated carbocycles. The van der Waals surface area contributed by atoms with Gasteiger partial charge in [0.15, 0.2) is 0 Å². The van der Waals surface area contributed by atoms with E-state index in [1.54, 1.807) is 13.8 Å². The van der Waals surface area contributed by atoms with E-state index >= 15 is 0 Å². The van der Waals surface area contributed by atoms with Crippen molar-refractivity contribution in [3.63, 3.8) is 0 Å². The molecule has 0 amide bonds. The normalized spacial score (nSPS) is 20.5. The van der Waals surface area contributed by atoms with Crippen molar-refractivity contribution in [1.82, 2.24) is 0 Å². The molecule has 1 aliphatic rings. The highest BCUT2D eigenvalue weighted by Crippen LogP contribution is 2.13. The minimum atomic E-state index is -0.586. The predicted octanol–water partition coefficient (Wildman–Crippen LogP) is 1.56. The maximum Gasteiger partial charge on any atom is 0.333 e. The van der Waals surface area contributed by atoms with Gasteiger partial charge in [0.1, 0.15) is 0 Å². The summed E-state index contributed by atoms with van der Waals surface area (Å²) in [5.41, 5.74) is 0. The zero-order valence-corrected chi connectivity index (χ0v) is 10.2. The Balaban J connectivity index is 2.28. The van der Waals surface area contributed by atoms with E-state index in [0.29, 0.717) is 13.0 Å². The van der Waals surface area contributed by atoms with E-state index < -0.39 is 18.2 Å². The SMILES string of the molecule is CC(C)OC(=O)C=CC(=O)OC1CCCCO1. The molecule has 1 rings (SSSR count). The van der Waals surface area contributed by atoms with Gasteiger partial charge in [0.25, 0.3) is 0 Å². The van der Waals surface area contributed by atoms with Crippen LogP contribution in [-0.2, 0) is 23.8 Å². The highest BCUT2D eigenvalue weighted by atomic mass is 16.7. The molecule has 0 spiro atoms. The first-order valence-corrected chi connectivity index (χ1v) is 5.79. The van der Waals surface area contributed by atoms with Gasteiger partial charge in [-0.25, -0.2) is 9.59 Å². The molecule has 1 saturated heterocycles. The van der Waals surface area contributed by atoms with Gasteiger partial charge < -0.3 is 14.2 Å². The van der Waals surface area contributed by atoms with Gasteiger partial charge >= 0.3 is 11.9 Å². The lowest BCUT2D eigenvalue weighted by atomic mass is 10.2. The average molecular weight is 242 g/mol. The smallest absolute Gasteiger partial charge is 0.333 e. The highest BCUT2D eigenvalue weighted by molar-refractivity contribution is 5.91. The summed E-state index contributed by atoms with van der Waals surface area (Å²) in [6.45, 7) is 4.08. The van der Waals surface area contributed by atoms with Crippen LogP contribution in [0.3, 0.4) is 0 Å². The first kappa shape index (κ1) is 13.7. The molecule has 1 unspecified atom stereocenters. The first-order valence-electron chi connectivity index (χ1n) is 5.79. The Bertz CT molecular complexity index is 289. The molecule has 0 radical (unpaired) electrons. The fourth-order valence-electron chi connectivity index (χ4n) is 1.38. The van der Waals surface area contributed by atoms with Gasteiger partial charge in [-0.2, -0.15) is 0 Å². The summed E-state index contributed by atoms with van der Waals surface area (Å²) < 4.78 is 15.0. The van der Waals surface area contributed by atoms with Gasteiger partial charge in [0.2, 0.25) is 6.29 Å². The van der Waals surface area contributed by atoms with Crippen LogP contribution in [0.15, 0.2) is 12.2 Å². The van der Waals surface area contributed by atoms with E-state index in [-0.39, 0.29) is 6.10 Å². The standard InChI is InChI=1S/C12H18O5/c1-9(2)16-10(13)6-7-11(14)17-12-5-3-4-8-15-12/h6-7,9,12H,3-5,8H2,1-2H3. The number of carbonyl (C=O) groups is 2. The van der Waals surface area contributed by atoms with Gasteiger partial charge in [-0.05, 0) is 26.7 Å². The minimum absolute atomic E-state index is 0.204. The second-order valence-corrected chi connectivity index (χ2v) is 4.05. The summed E-state index contributed by atoms with van der Waals surface area (Å²) in [7, 11) is 0. The topological polar surface area (TPSA) is 61.8 Å². The van der Waals surface area contributed by atoms with E-state index in [0.717, 1.165) is 25.0 Å². The van der Waals surface area contributed by atoms with Crippen LogP contribution < -0.4 is 0 Å². The number of hydrogen-bond acceptors (Lipinski definition) is 5. The van der Waals surface area contributed by atoms with Gasteiger partial charge in [-0.15, -0.1) is 0 Å². The van der Waals surface area contributed by atoms with Crippen LogP contribution in [0.25, 0.3) is 0 Å². The van der Waals surface area contributed by atoms with Crippen LogP contribution in [-0.4, -0.2) is 30.9 Å². The minimum Gasteiger partial charge on any atom is -0.460 e. The first-order chi connectivity index (χ1) is 8.08. The molecule has 0 aliphatic carbocycles. The number of carbonyl (C=O) groups excluding carboxylic acids is 2. The third-order valence-corrected chi connectivity index (χ3v) is 2.09. The molecular formula is C12H18O5. The molecule has 1 fully saturated rings. The Kier molecular flexibility index (Phi) is 5.69. The summed E-state index contributed by atoms with van der Waals surface area (Å²) in [5.74, 6) is -1.14. The molecule has 17 heavy (non-hydrogen) atoms. The molecule has 0 aromatic rings. The molecule has 0 aromatic carbocycles. The number of rotatable bonds is 4. The van der Waals surface area contributed by atoms with Crippen molar-refractivity contribution >= 4 is 11.9 Å². The average Bonchev–Trinajstić information content (AvgIpc) is 2.27. The third-order valence-electron chi connectivity index (χ3n) is 2.09. The molecule has 96 valence electrons. The van der Waals surface area contributed by atoms with Crippen molar-refractivity contribution in [1.29, 1.82) is 0 Å². The second-order valence-electron chi connectivity index (χ2n) is 4.05. The highest BCUT2D eigenvalue weighted by Gasteiger charge is 2.16. The second kappa shape index (κ2) is 7.06. The molecule has 0 bridgehead atoms. The Morgan fingerprint density at radius 2 is 1.94 bits per heavy atom. The molecule has 0 aromatic heterocycles. The quantitative estimate of drug-likeness (QED) is 0.553. The van der Waals surface area contributed by atoms with Crippen LogP contribution in [0.1, 0.15) is 33.1 Å². The van der Waals surface area contributed by atoms with E-state index in [1.165, 1.54) is 0 Å². The predicted molar refractivity (Wildman–Crippen MR) is 60.1 cm³/mol. The number of ether oxygens (including phenoxy) is 3. The van der Waals surface area contributed by atoms with E-state index in [9.17, 15) is 9.59 Å². The van der Waals surface area contributed by atoms with Crippen molar-refractivity contribution < 1.29 is 23.8 Å². The lowest BCUT2D eigenvalue weighted by Gasteiger charge is -2.21. The maximum atomic E-state index is 11.3. The number of hydrogen-bond donors (Lipinski definition) is 0. The Morgan fingerprint density at radius 1 is 1.24 bits per heavy atom. The zero-order valence-electron chi connectivity index (χ0n) is 10.2. The summed E-state index contributed by atoms with van der Waals surface area (Å²) in [6, 6.07) is 0. The van der Waals surface area contributed by atoms with E-state index in [4.69, 9.17) is 14.2 Å². The fraction of sp³-hybridized carbons (Fsp3) is 0.667. The van der Waals surface area contributed by atoms with Gasteiger partial charge in [-0.3, -0.25) is 0 Å². The van der Waals surface area contributed by atoms with Crippen molar-refractivity contribution in [2.24, 2.45) is 0 Å². The van der Waals surface area contributed by atoms with Crippen LogP contribution >= 0.6 is 0 Å². The molecule has 0 N–H and O–H groups in total. The van der Waals surface area contributed by atoms with Gasteiger partial charge in [0, 0.05) is 18.6 Å². The molecule has 5 nitrogen and oxygen atoms in total. The summed E-state index contributed by atoms with van der Waals surface area (Å²) >= 11 is 0. The van der Waals surface area contributed by atoms with Crippen molar-refractivity contribution in [3.8, 4) is 0 Å². The Labute approximate surface area is 101 Å². The molecule has 1 atom stereocenters. The Morgan fingerprint density at radius 3 is 2.53 bits per heavy atom. The van der Waals surface area contributed by atoms with E-state index in [2.05, 4.69) is 0 Å². The summed E-state index contributed by atoms with van der Waals surface area (Å²) in [4.78, 5) is 22.4. The van der Waals surface area contributed by atoms with Crippen molar-refractivity contribution in [2.75, 3.05) is 6.61 Å². The lowest BCUT2D eigenvalue weighted by molar-refractivity contribution is -0.181.